The average molecular weight is 322 g/mol. The first kappa shape index (κ1) is 13.7. The number of hydrogen-bond acceptors (Lipinski definition) is 2. The molecule has 1 aromatic heterocycles. The zero-order chi connectivity index (χ0) is 15.1. The van der Waals surface area contributed by atoms with Gasteiger partial charge >= 0.3 is 0 Å². The fourth-order valence-electron chi connectivity index (χ4n) is 2.14. The number of nitrogens with one attached hydrogen (secondary N) is 1. The minimum absolute atomic E-state index is 0.0515. The van der Waals surface area contributed by atoms with Gasteiger partial charge in [-0.15, -0.1) is 0 Å². The van der Waals surface area contributed by atoms with Crippen molar-refractivity contribution >= 4 is 34.9 Å². The van der Waals surface area contributed by atoms with Crippen molar-refractivity contribution in [3.63, 3.8) is 0 Å². The van der Waals surface area contributed by atoms with Crippen molar-refractivity contribution < 1.29 is 8.78 Å². The summed E-state index contributed by atoms with van der Waals surface area (Å²) in [6, 6.07) is 8.57. The Labute approximate surface area is 128 Å². The van der Waals surface area contributed by atoms with E-state index in [9.17, 15) is 8.78 Å². The molecular formula is C14H6ClF2N3S. The predicted octanol–water partition coefficient (Wildman–Crippen LogP) is 4.49. The maximum Gasteiger partial charge on any atom is 0.182 e. The summed E-state index contributed by atoms with van der Waals surface area (Å²) in [6.45, 7) is 0. The lowest BCUT2D eigenvalue weighted by molar-refractivity contribution is 0.578. The lowest BCUT2D eigenvalue weighted by Crippen LogP contribution is -2.00. The fourth-order valence-corrected chi connectivity index (χ4v) is 2.72. The second-order valence-electron chi connectivity index (χ2n) is 4.33. The first-order valence-corrected chi connectivity index (χ1v) is 6.59. The van der Waals surface area contributed by atoms with Crippen LogP contribution in [0.1, 0.15) is 5.56 Å². The zero-order valence-corrected chi connectivity index (χ0v) is 11.9. The van der Waals surface area contributed by atoms with Crippen molar-refractivity contribution in [2.24, 2.45) is 0 Å². The topological polar surface area (TPSA) is 44.5 Å². The standard InChI is InChI=1S/C14H6ClF2N3S/c15-9-4-8(16)5-10(17)13(9)20-12-3-7(6-18)1-2-11(12)19-14(20)21/h1-5H,(H,19,21). The van der Waals surface area contributed by atoms with E-state index in [1.165, 1.54) is 4.57 Å². The van der Waals surface area contributed by atoms with Gasteiger partial charge in [-0.2, -0.15) is 5.26 Å². The molecule has 0 aliphatic heterocycles. The summed E-state index contributed by atoms with van der Waals surface area (Å²) in [5.74, 6) is -1.61. The van der Waals surface area contributed by atoms with Gasteiger partial charge in [0.25, 0.3) is 0 Å². The Hall–Kier alpha value is -2.23. The van der Waals surface area contributed by atoms with Gasteiger partial charge in [-0.1, -0.05) is 11.6 Å². The van der Waals surface area contributed by atoms with Crippen molar-refractivity contribution in [1.82, 2.24) is 9.55 Å². The Balaban J connectivity index is 2.43. The number of H-pyrrole nitrogens is 1. The van der Waals surface area contributed by atoms with E-state index in [2.05, 4.69) is 4.98 Å². The molecule has 104 valence electrons. The van der Waals surface area contributed by atoms with Crippen LogP contribution in [0.25, 0.3) is 16.7 Å². The molecule has 0 saturated heterocycles. The summed E-state index contributed by atoms with van der Waals surface area (Å²) in [5.41, 5.74) is 1.46. The maximum atomic E-state index is 14.1. The van der Waals surface area contributed by atoms with Crippen LogP contribution >= 0.6 is 23.8 Å². The van der Waals surface area contributed by atoms with Gasteiger partial charge in [-0.25, -0.2) is 8.78 Å². The highest BCUT2D eigenvalue weighted by atomic mass is 35.5. The number of rotatable bonds is 1. The number of benzene rings is 2. The highest BCUT2D eigenvalue weighted by Crippen LogP contribution is 2.29. The molecule has 0 unspecified atom stereocenters. The van der Waals surface area contributed by atoms with Gasteiger partial charge < -0.3 is 4.98 Å². The molecule has 0 bridgehead atoms. The Kier molecular flexibility index (Phi) is 3.24. The van der Waals surface area contributed by atoms with Crippen LogP contribution in [-0.4, -0.2) is 9.55 Å². The fraction of sp³-hybridized carbons (Fsp3) is 0. The SMILES string of the molecule is N#Cc1ccc2[nH]c(=S)n(-c3c(F)cc(F)cc3Cl)c2c1. The molecule has 3 aromatic rings. The molecule has 0 radical (unpaired) electrons. The largest absolute Gasteiger partial charge is 0.330 e. The number of imidazole rings is 1. The lowest BCUT2D eigenvalue weighted by Gasteiger charge is -2.09. The van der Waals surface area contributed by atoms with Gasteiger partial charge in [0.15, 0.2) is 10.6 Å². The van der Waals surface area contributed by atoms with E-state index in [1.807, 2.05) is 6.07 Å². The summed E-state index contributed by atoms with van der Waals surface area (Å²) in [7, 11) is 0. The Morgan fingerprint density at radius 1 is 1.24 bits per heavy atom. The number of fused-ring (bicyclic) bond motifs is 1. The smallest absolute Gasteiger partial charge is 0.182 e. The van der Waals surface area contributed by atoms with Crippen molar-refractivity contribution in [3.8, 4) is 11.8 Å². The minimum atomic E-state index is -0.834. The van der Waals surface area contributed by atoms with Gasteiger partial charge in [-0.05, 0) is 36.5 Å². The van der Waals surface area contributed by atoms with Crippen molar-refractivity contribution in [1.29, 1.82) is 5.26 Å². The van der Waals surface area contributed by atoms with E-state index in [1.54, 1.807) is 18.2 Å². The normalized spacial score (nSPS) is 10.8. The van der Waals surface area contributed by atoms with Gasteiger partial charge in [0.05, 0.1) is 27.7 Å². The molecule has 3 nitrogen and oxygen atoms in total. The molecule has 2 aromatic carbocycles. The van der Waals surface area contributed by atoms with Crippen LogP contribution in [-0.2, 0) is 0 Å². The molecule has 21 heavy (non-hydrogen) atoms. The summed E-state index contributed by atoms with van der Waals surface area (Å²) in [5, 5.41) is 8.86. The van der Waals surface area contributed by atoms with Gasteiger partial charge in [0.1, 0.15) is 11.5 Å². The van der Waals surface area contributed by atoms with E-state index >= 15 is 0 Å². The van der Waals surface area contributed by atoms with Crippen LogP contribution in [0.4, 0.5) is 8.78 Å². The second kappa shape index (κ2) is 4.95. The molecule has 0 fully saturated rings. The zero-order valence-electron chi connectivity index (χ0n) is 10.3. The molecular weight excluding hydrogens is 316 g/mol. The van der Waals surface area contributed by atoms with E-state index in [0.717, 1.165) is 12.1 Å². The number of aromatic nitrogens is 2. The third kappa shape index (κ3) is 2.20. The molecule has 0 atom stereocenters. The molecule has 0 saturated carbocycles. The van der Waals surface area contributed by atoms with Crippen LogP contribution in [0.3, 0.4) is 0 Å². The van der Waals surface area contributed by atoms with Crippen LogP contribution in [0.5, 0.6) is 0 Å². The predicted molar refractivity (Wildman–Crippen MR) is 78.1 cm³/mol. The number of halogens is 3. The second-order valence-corrected chi connectivity index (χ2v) is 5.12. The maximum absolute atomic E-state index is 14.1. The number of nitriles is 1. The Morgan fingerprint density at radius 2 is 2.00 bits per heavy atom. The van der Waals surface area contributed by atoms with Crippen molar-refractivity contribution in [2.45, 2.75) is 0 Å². The van der Waals surface area contributed by atoms with Crippen molar-refractivity contribution in [3.05, 3.63) is 57.3 Å². The monoisotopic (exact) mass is 321 g/mol. The highest BCUT2D eigenvalue weighted by Gasteiger charge is 2.16. The molecule has 0 aliphatic carbocycles. The van der Waals surface area contributed by atoms with Crippen molar-refractivity contribution in [2.75, 3.05) is 0 Å². The molecule has 1 N–H and O–H groups in total. The third-order valence-electron chi connectivity index (χ3n) is 3.02. The Morgan fingerprint density at radius 3 is 2.67 bits per heavy atom. The third-order valence-corrected chi connectivity index (χ3v) is 3.59. The molecule has 7 heteroatoms. The summed E-state index contributed by atoms with van der Waals surface area (Å²) in [4.78, 5) is 2.90. The molecule has 1 heterocycles. The van der Waals surface area contributed by atoms with E-state index in [4.69, 9.17) is 29.1 Å². The molecule has 0 aliphatic rings. The van der Waals surface area contributed by atoms with Crippen LogP contribution < -0.4 is 0 Å². The quantitative estimate of drug-likeness (QED) is 0.671. The van der Waals surface area contributed by atoms with Crippen LogP contribution in [0.2, 0.25) is 5.02 Å². The van der Waals surface area contributed by atoms with E-state index < -0.39 is 11.6 Å². The summed E-state index contributed by atoms with van der Waals surface area (Å²) < 4.78 is 28.8. The minimum Gasteiger partial charge on any atom is -0.330 e. The number of aromatic amines is 1. The van der Waals surface area contributed by atoms with Crippen LogP contribution in [0.15, 0.2) is 30.3 Å². The van der Waals surface area contributed by atoms with Gasteiger partial charge in [0.2, 0.25) is 0 Å². The lowest BCUT2D eigenvalue weighted by atomic mass is 10.2. The Bertz CT molecular complexity index is 945. The first-order valence-electron chi connectivity index (χ1n) is 5.81. The van der Waals surface area contributed by atoms with Crippen LogP contribution in [0, 0.1) is 27.7 Å². The van der Waals surface area contributed by atoms with Gasteiger partial charge in [-0.3, -0.25) is 4.57 Å². The summed E-state index contributed by atoms with van der Waals surface area (Å²) >= 11 is 11.1. The number of nitrogens with zero attached hydrogens (tertiary/aromatic N) is 2. The highest BCUT2D eigenvalue weighted by molar-refractivity contribution is 7.71. The number of hydrogen-bond donors (Lipinski definition) is 1. The average Bonchev–Trinajstić information content (AvgIpc) is 2.73. The molecule has 0 spiro atoms. The first-order chi connectivity index (χ1) is 10.0. The van der Waals surface area contributed by atoms with E-state index in [0.29, 0.717) is 16.6 Å². The molecule has 3 rings (SSSR count). The summed E-state index contributed by atoms with van der Waals surface area (Å²) in [6.07, 6.45) is 0. The van der Waals surface area contributed by atoms with Gasteiger partial charge in [0, 0.05) is 6.07 Å². The van der Waals surface area contributed by atoms with E-state index in [-0.39, 0.29) is 15.5 Å². The molecule has 0 amide bonds.